The average molecular weight is 266 g/mol. The smallest absolute Gasteiger partial charge is 0.312 e. The summed E-state index contributed by atoms with van der Waals surface area (Å²) in [6.07, 6.45) is 2.90. The second-order valence-corrected chi connectivity index (χ2v) is 6.89. The largest absolute Gasteiger partial charge is 0.458 e. The molecule has 106 valence electrons. The first-order valence-corrected chi connectivity index (χ1v) is 7.29. The number of aliphatic hydroxyl groups is 1. The highest BCUT2D eigenvalue weighted by molar-refractivity contribution is 5.96. The summed E-state index contributed by atoms with van der Waals surface area (Å²) >= 11 is 0. The summed E-state index contributed by atoms with van der Waals surface area (Å²) in [6.45, 7) is 5.85. The molecule has 0 aromatic carbocycles. The van der Waals surface area contributed by atoms with E-state index in [1.807, 2.05) is 0 Å². The Morgan fingerprint density at radius 3 is 2.63 bits per heavy atom. The summed E-state index contributed by atoms with van der Waals surface area (Å²) in [5.74, 6) is -0.786. The van der Waals surface area contributed by atoms with Gasteiger partial charge >= 0.3 is 5.97 Å². The number of fused-ring (bicyclic) bond motifs is 3. The van der Waals surface area contributed by atoms with Crippen molar-refractivity contribution in [2.45, 2.75) is 58.2 Å². The molecule has 0 spiro atoms. The number of hydrogen-bond acceptors (Lipinski definition) is 4. The number of Topliss-reactive ketones (excluding diaryl/α,β-unsaturated/α-hetero) is 1. The summed E-state index contributed by atoms with van der Waals surface area (Å²) in [5, 5.41) is 10.8. The van der Waals surface area contributed by atoms with Crippen molar-refractivity contribution >= 4 is 11.8 Å². The lowest BCUT2D eigenvalue weighted by Crippen LogP contribution is -2.65. The van der Waals surface area contributed by atoms with Gasteiger partial charge in [0.1, 0.15) is 6.10 Å². The van der Waals surface area contributed by atoms with Crippen molar-refractivity contribution < 1.29 is 19.4 Å². The van der Waals surface area contributed by atoms with Gasteiger partial charge in [-0.05, 0) is 25.2 Å². The van der Waals surface area contributed by atoms with E-state index in [9.17, 15) is 14.7 Å². The summed E-state index contributed by atoms with van der Waals surface area (Å²) in [6, 6.07) is 0. The van der Waals surface area contributed by atoms with Crippen LogP contribution in [0.4, 0.5) is 0 Å². The quantitative estimate of drug-likeness (QED) is 0.678. The number of ketones is 1. The number of carbonyl (C=O) groups excluding carboxylic acids is 2. The average Bonchev–Trinajstić information content (AvgIpc) is 2.60. The highest BCUT2D eigenvalue weighted by atomic mass is 16.6. The van der Waals surface area contributed by atoms with E-state index in [1.54, 1.807) is 6.92 Å². The molecule has 2 aliphatic carbocycles. The van der Waals surface area contributed by atoms with Gasteiger partial charge in [-0.1, -0.05) is 26.7 Å². The molecule has 0 amide bonds. The Morgan fingerprint density at radius 2 is 1.95 bits per heavy atom. The maximum Gasteiger partial charge on any atom is 0.312 e. The highest BCUT2D eigenvalue weighted by Gasteiger charge is 2.70. The van der Waals surface area contributed by atoms with Crippen molar-refractivity contribution in [1.29, 1.82) is 0 Å². The summed E-state index contributed by atoms with van der Waals surface area (Å²) < 4.78 is 5.48. The molecule has 0 bridgehead atoms. The second kappa shape index (κ2) is 3.81. The lowest BCUT2D eigenvalue weighted by atomic mass is 9.50. The summed E-state index contributed by atoms with van der Waals surface area (Å²) in [5.41, 5.74) is -1.88. The molecular formula is C15H22O4. The SMILES string of the molecule is C[C@H]1C(=O)O[C@@H]2[C@@]1(O)C(=O)C[C@H]1CCC[C@H](C)[C@]12C. The molecule has 3 fully saturated rings. The molecule has 1 heterocycles. The minimum atomic E-state index is -1.60. The van der Waals surface area contributed by atoms with Crippen LogP contribution in [0.5, 0.6) is 0 Å². The first-order chi connectivity index (χ1) is 8.82. The minimum absolute atomic E-state index is 0.201. The van der Waals surface area contributed by atoms with Crippen molar-refractivity contribution in [2.75, 3.05) is 0 Å². The van der Waals surface area contributed by atoms with Crippen molar-refractivity contribution in [3.8, 4) is 0 Å². The zero-order chi connectivity index (χ0) is 14.0. The summed E-state index contributed by atoms with van der Waals surface area (Å²) in [7, 11) is 0. The zero-order valence-electron chi connectivity index (χ0n) is 11.8. The molecule has 1 saturated heterocycles. The maximum atomic E-state index is 12.4. The molecular weight excluding hydrogens is 244 g/mol. The zero-order valence-corrected chi connectivity index (χ0v) is 11.8. The second-order valence-electron chi connectivity index (χ2n) is 6.89. The topological polar surface area (TPSA) is 63.6 Å². The van der Waals surface area contributed by atoms with Crippen molar-refractivity contribution in [3.05, 3.63) is 0 Å². The Bertz CT molecular complexity index is 445. The van der Waals surface area contributed by atoms with Gasteiger partial charge in [-0.15, -0.1) is 0 Å². The van der Waals surface area contributed by atoms with Gasteiger partial charge in [0.05, 0.1) is 5.92 Å². The molecule has 0 unspecified atom stereocenters. The minimum Gasteiger partial charge on any atom is -0.458 e. The molecule has 4 nitrogen and oxygen atoms in total. The van der Waals surface area contributed by atoms with Crippen LogP contribution in [-0.4, -0.2) is 28.6 Å². The van der Waals surface area contributed by atoms with Crippen LogP contribution in [0.2, 0.25) is 0 Å². The van der Waals surface area contributed by atoms with Gasteiger partial charge in [0.15, 0.2) is 11.4 Å². The van der Waals surface area contributed by atoms with E-state index in [1.165, 1.54) is 0 Å². The predicted molar refractivity (Wildman–Crippen MR) is 68.2 cm³/mol. The standard InChI is InChI=1S/C15H22O4/c1-8-5-4-6-10-7-11(16)15(18)9(2)12(17)19-13(15)14(8,10)3/h8-10,13,18H,4-7H2,1-3H3/t8-,9-,10+,13-,14+,15-/m0/s1. The molecule has 1 N–H and O–H groups in total. The van der Waals surface area contributed by atoms with Gasteiger partial charge < -0.3 is 9.84 Å². The molecule has 0 aromatic heterocycles. The van der Waals surface area contributed by atoms with Gasteiger partial charge in [-0.25, -0.2) is 0 Å². The van der Waals surface area contributed by atoms with Crippen LogP contribution in [0.15, 0.2) is 0 Å². The first-order valence-electron chi connectivity index (χ1n) is 7.29. The van der Waals surface area contributed by atoms with Crippen LogP contribution in [-0.2, 0) is 14.3 Å². The van der Waals surface area contributed by atoms with E-state index < -0.39 is 23.6 Å². The van der Waals surface area contributed by atoms with Crippen LogP contribution in [0, 0.1) is 23.2 Å². The van der Waals surface area contributed by atoms with E-state index >= 15 is 0 Å². The van der Waals surface area contributed by atoms with Gasteiger partial charge in [-0.2, -0.15) is 0 Å². The fourth-order valence-corrected chi connectivity index (χ4v) is 4.58. The number of carbonyl (C=O) groups is 2. The number of hydrogen-bond donors (Lipinski definition) is 1. The number of ether oxygens (including phenoxy) is 1. The fraction of sp³-hybridized carbons (Fsp3) is 0.867. The third kappa shape index (κ3) is 1.38. The van der Waals surface area contributed by atoms with Crippen molar-refractivity contribution in [3.63, 3.8) is 0 Å². The fourth-order valence-electron chi connectivity index (χ4n) is 4.58. The van der Waals surface area contributed by atoms with E-state index in [-0.39, 0.29) is 17.1 Å². The molecule has 6 atom stereocenters. The molecule has 3 aliphatic rings. The third-order valence-electron chi connectivity index (χ3n) is 6.22. The molecule has 19 heavy (non-hydrogen) atoms. The van der Waals surface area contributed by atoms with Crippen LogP contribution in [0.3, 0.4) is 0 Å². The Kier molecular flexibility index (Phi) is 2.63. The van der Waals surface area contributed by atoms with E-state index in [2.05, 4.69) is 13.8 Å². The van der Waals surface area contributed by atoms with Gasteiger partial charge in [0.2, 0.25) is 0 Å². The Morgan fingerprint density at radius 1 is 1.26 bits per heavy atom. The Hall–Kier alpha value is -0.900. The Labute approximate surface area is 113 Å². The van der Waals surface area contributed by atoms with Gasteiger partial charge in [0.25, 0.3) is 0 Å². The van der Waals surface area contributed by atoms with Crippen molar-refractivity contribution in [2.24, 2.45) is 23.2 Å². The lowest BCUT2D eigenvalue weighted by Gasteiger charge is -2.55. The predicted octanol–water partition coefficient (Wildman–Crippen LogP) is 1.69. The van der Waals surface area contributed by atoms with Crippen molar-refractivity contribution in [1.82, 2.24) is 0 Å². The molecule has 0 radical (unpaired) electrons. The molecule has 4 heteroatoms. The van der Waals surface area contributed by atoms with E-state index in [0.29, 0.717) is 12.3 Å². The molecule has 3 rings (SSSR count). The normalized spacial score (nSPS) is 53.5. The van der Waals surface area contributed by atoms with Crippen LogP contribution >= 0.6 is 0 Å². The molecule has 0 aromatic rings. The first kappa shape index (κ1) is 13.1. The van der Waals surface area contributed by atoms with Gasteiger partial charge in [0, 0.05) is 11.8 Å². The van der Waals surface area contributed by atoms with Crippen LogP contribution < -0.4 is 0 Å². The number of esters is 1. The van der Waals surface area contributed by atoms with Gasteiger partial charge in [-0.3, -0.25) is 9.59 Å². The lowest BCUT2D eigenvalue weighted by molar-refractivity contribution is -0.194. The third-order valence-corrected chi connectivity index (χ3v) is 6.22. The Balaban J connectivity index is 2.10. The molecule has 2 saturated carbocycles. The highest BCUT2D eigenvalue weighted by Crippen LogP contribution is 2.59. The van der Waals surface area contributed by atoms with Crippen LogP contribution in [0.1, 0.15) is 46.5 Å². The van der Waals surface area contributed by atoms with E-state index in [0.717, 1.165) is 19.3 Å². The van der Waals surface area contributed by atoms with Crippen LogP contribution in [0.25, 0.3) is 0 Å². The van der Waals surface area contributed by atoms with E-state index in [4.69, 9.17) is 4.74 Å². The summed E-state index contributed by atoms with van der Waals surface area (Å²) in [4.78, 5) is 24.3. The maximum absolute atomic E-state index is 12.4. The molecule has 1 aliphatic heterocycles. The monoisotopic (exact) mass is 266 g/mol. The number of rotatable bonds is 0.